The molecule has 2 N–H and O–H groups in total. The third-order valence-electron chi connectivity index (χ3n) is 6.49. The van der Waals surface area contributed by atoms with E-state index in [4.69, 9.17) is 23.2 Å². The quantitative estimate of drug-likeness (QED) is 0.351. The van der Waals surface area contributed by atoms with E-state index in [1.165, 1.54) is 0 Å². The number of amides is 2. The molecule has 2 aromatic carbocycles. The minimum Gasteiger partial charge on any atom is -0.325 e. The van der Waals surface area contributed by atoms with Crippen molar-refractivity contribution in [2.24, 2.45) is 10.8 Å². The highest BCUT2D eigenvalue weighted by molar-refractivity contribution is 6.20. The Hall–Kier alpha value is -2.70. The summed E-state index contributed by atoms with van der Waals surface area (Å²) in [5.74, 6) is 0.797. The van der Waals surface area contributed by atoms with Crippen LogP contribution in [0.4, 0.5) is 11.4 Å². The van der Waals surface area contributed by atoms with Gasteiger partial charge in [-0.3, -0.25) is 19.2 Å². The Morgan fingerprint density at radius 1 is 0.722 bits per heavy atom. The van der Waals surface area contributed by atoms with Gasteiger partial charge >= 0.3 is 0 Å². The topological polar surface area (TPSA) is 92.3 Å². The highest BCUT2D eigenvalue weighted by Gasteiger charge is 2.34. The fourth-order valence-electron chi connectivity index (χ4n) is 4.23. The number of carbonyl (C=O) groups excluding carboxylic acids is 4. The largest absolute Gasteiger partial charge is 0.325 e. The van der Waals surface area contributed by atoms with Gasteiger partial charge in [-0.15, -0.1) is 23.2 Å². The summed E-state index contributed by atoms with van der Waals surface area (Å²) in [6, 6.07) is 10.8. The summed E-state index contributed by atoms with van der Waals surface area (Å²) in [5, 5.41) is 5.74. The lowest BCUT2D eigenvalue weighted by atomic mass is 9.80. The van der Waals surface area contributed by atoms with E-state index < -0.39 is 10.8 Å². The number of benzene rings is 2. The molecule has 0 saturated carbocycles. The predicted octanol–water partition coefficient (Wildman–Crippen LogP) is 6.04. The van der Waals surface area contributed by atoms with Crippen LogP contribution in [0.25, 0.3) is 0 Å². The van der Waals surface area contributed by atoms with Gasteiger partial charge < -0.3 is 10.6 Å². The summed E-state index contributed by atoms with van der Waals surface area (Å²) >= 11 is 11.2. The molecule has 2 heterocycles. The minimum atomic E-state index is -0.429. The summed E-state index contributed by atoms with van der Waals surface area (Å²) in [6.07, 6.45) is 1.98. The van der Waals surface area contributed by atoms with Crippen molar-refractivity contribution in [1.29, 1.82) is 0 Å². The second-order valence-corrected chi connectivity index (χ2v) is 11.3. The highest BCUT2D eigenvalue weighted by atomic mass is 35.5. The molecule has 0 unspecified atom stereocenters. The Balaban J connectivity index is 0.000000201. The third-order valence-corrected chi connectivity index (χ3v) is 6.87. The number of halogens is 2. The first-order valence-corrected chi connectivity index (χ1v) is 13.0. The lowest BCUT2D eigenvalue weighted by Crippen LogP contribution is -2.37. The van der Waals surface area contributed by atoms with Crippen LogP contribution in [0.5, 0.6) is 0 Å². The first kappa shape index (κ1) is 27.9. The van der Waals surface area contributed by atoms with Crippen molar-refractivity contribution < 1.29 is 19.2 Å². The second kappa shape index (κ2) is 11.1. The fraction of sp³-hybridized carbons (Fsp3) is 0.429. The van der Waals surface area contributed by atoms with E-state index in [0.717, 1.165) is 22.5 Å². The standard InChI is InChI=1S/2C14H16ClNO2/c2*1-14(2)8-10-7-9(12(17)5-6-15)3-4-11(10)16-13(14)18/h2*3-4,7H,5-6,8H2,1-2H3,(H,16,18). The highest BCUT2D eigenvalue weighted by Crippen LogP contribution is 2.35. The zero-order valence-electron chi connectivity index (χ0n) is 21.1. The van der Waals surface area contributed by atoms with Crippen molar-refractivity contribution in [1.82, 2.24) is 0 Å². The maximum Gasteiger partial charge on any atom is 0.230 e. The van der Waals surface area contributed by atoms with E-state index in [1.807, 2.05) is 39.8 Å². The molecule has 2 aliphatic heterocycles. The number of anilines is 2. The van der Waals surface area contributed by atoms with Crippen molar-refractivity contribution in [3.63, 3.8) is 0 Å². The lowest BCUT2D eigenvalue weighted by molar-refractivity contribution is -0.125. The molecular weight excluding hydrogens is 499 g/mol. The Kier molecular flexibility index (Phi) is 8.63. The molecule has 2 aromatic rings. The smallest absolute Gasteiger partial charge is 0.230 e. The number of fused-ring (bicyclic) bond motifs is 2. The summed E-state index contributed by atoms with van der Waals surface area (Å²) in [6.45, 7) is 7.61. The van der Waals surface area contributed by atoms with Crippen LogP contribution in [-0.4, -0.2) is 35.1 Å². The molecule has 6 nitrogen and oxygen atoms in total. The number of carbonyl (C=O) groups is 4. The van der Waals surface area contributed by atoms with Crippen LogP contribution in [0.15, 0.2) is 36.4 Å². The van der Waals surface area contributed by atoms with Gasteiger partial charge in [-0.2, -0.15) is 0 Å². The molecule has 2 aliphatic rings. The summed E-state index contributed by atoms with van der Waals surface area (Å²) < 4.78 is 0. The lowest BCUT2D eigenvalue weighted by Gasteiger charge is -2.30. The predicted molar refractivity (Wildman–Crippen MR) is 144 cm³/mol. The molecular formula is C28H32Cl2N2O4. The fourth-order valence-corrected chi connectivity index (χ4v) is 4.57. The van der Waals surface area contributed by atoms with Gasteiger partial charge in [0, 0.05) is 57.9 Å². The molecule has 4 rings (SSSR count). The average Bonchev–Trinajstić information content (AvgIpc) is 2.80. The maximum absolute atomic E-state index is 11.8. The molecule has 0 aliphatic carbocycles. The van der Waals surface area contributed by atoms with E-state index in [2.05, 4.69) is 10.6 Å². The number of ketones is 2. The molecule has 0 saturated heterocycles. The molecule has 2 amide bonds. The molecule has 0 bridgehead atoms. The zero-order chi connectivity index (χ0) is 26.7. The number of Topliss-reactive ketones (excluding diaryl/α,β-unsaturated/α-hetero) is 2. The average molecular weight is 531 g/mol. The molecule has 0 aromatic heterocycles. The van der Waals surface area contributed by atoms with E-state index in [1.54, 1.807) is 24.3 Å². The van der Waals surface area contributed by atoms with Crippen LogP contribution in [0.1, 0.15) is 72.4 Å². The first-order valence-electron chi connectivity index (χ1n) is 11.9. The van der Waals surface area contributed by atoms with Crippen molar-refractivity contribution in [3.05, 3.63) is 58.7 Å². The Bertz CT molecular complexity index is 1110. The maximum atomic E-state index is 11.8. The van der Waals surface area contributed by atoms with E-state index >= 15 is 0 Å². The molecule has 0 atom stereocenters. The number of hydrogen-bond donors (Lipinski definition) is 2. The van der Waals surface area contributed by atoms with Gasteiger partial charge in [0.1, 0.15) is 0 Å². The van der Waals surface area contributed by atoms with E-state index in [0.29, 0.717) is 48.6 Å². The number of nitrogens with one attached hydrogen (secondary N) is 2. The molecule has 8 heteroatoms. The summed E-state index contributed by atoms with van der Waals surface area (Å²) in [5.41, 5.74) is 4.12. The molecule has 0 radical (unpaired) electrons. The monoisotopic (exact) mass is 530 g/mol. The normalized spacial score (nSPS) is 16.9. The van der Waals surface area contributed by atoms with Crippen molar-refractivity contribution in [3.8, 4) is 0 Å². The third kappa shape index (κ3) is 6.34. The van der Waals surface area contributed by atoms with Gasteiger partial charge in [0.15, 0.2) is 11.6 Å². The van der Waals surface area contributed by atoms with Gasteiger partial charge in [-0.05, 0) is 60.4 Å². The molecule has 0 fully saturated rings. The van der Waals surface area contributed by atoms with Gasteiger partial charge in [0.05, 0.1) is 0 Å². The molecule has 36 heavy (non-hydrogen) atoms. The van der Waals surface area contributed by atoms with Gasteiger partial charge in [-0.1, -0.05) is 27.7 Å². The number of hydrogen-bond acceptors (Lipinski definition) is 4. The van der Waals surface area contributed by atoms with E-state index in [-0.39, 0.29) is 23.4 Å². The molecule has 192 valence electrons. The SMILES string of the molecule is CC1(C)Cc2cc(C(=O)CCCl)ccc2NC1=O.CC1(C)Cc2cc(C(=O)CCCl)ccc2NC1=O. The van der Waals surface area contributed by atoms with Gasteiger partial charge in [0.25, 0.3) is 0 Å². The Morgan fingerprint density at radius 2 is 1.08 bits per heavy atom. The van der Waals surface area contributed by atoms with Crippen LogP contribution in [0, 0.1) is 10.8 Å². The first-order chi connectivity index (χ1) is 16.9. The number of alkyl halides is 2. The van der Waals surface area contributed by atoms with E-state index in [9.17, 15) is 19.2 Å². The minimum absolute atomic E-state index is 0.0230. The number of rotatable bonds is 6. The second-order valence-electron chi connectivity index (χ2n) is 10.5. The van der Waals surface area contributed by atoms with Crippen molar-refractivity contribution >= 4 is 58.0 Å². The molecule has 0 spiro atoms. The van der Waals surface area contributed by atoms with Crippen molar-refractivity contribution in [2.75, 3.05) is 22.4 Å². The Morgan fingerprint density at radius 3 is 1.42 bits per heavy atom. The summed E-state index contributed by atoms with van der Waals surface area (Å²) in [4.78, 5) is 47.2. The van der Waals surface area contributed by atoms with Crippen LogP contribution >= 0.6 is 23.2 Å². The van der Waals surface area contributed by atoms with Crippen LogP contribution in [0.2, 0.25) is 0 Å². The van der Waals surface area contributed by atoms with Gasteiger partial charge in [-0.25, -0.2) is 0 Å². The Labute approximate surface area is 222 Å². The zero-order valence-corrected chi connectivity index (χ0v) is 22.6. The van der Waals surface area contributed by atoms with Crippen LogP contribution in [-0.2, 0) is 22.4 Å². The van der Waals surface area contributed by atoms with Gasteiger partial charge in [0.2, 0.25) is 11.8 Å². The van der Waals surface area contributed by atoms with Crippen LogP contribution < -0.4 is 10.6 Å². The van der Waals surface area contributed by atoms with Crippen LogP contribution in [0.3, 0.4) is 0 Å². The van der Waals surface area contributed by atoms with Crippen molar-refractivity contribution in [2.45, 2.75) is 53.4 Å². The summed E-state index contributed by atoms with van der Waals surface area (Å²) in [7, 11) is 0.